The van der Waals surface area contributed by atoms with Gasteiger partial charge < -0.3 is 113 Å². The van der Waals surface area contributed by atoms with Crippen molar-refractivity contribution in [1.29, 1.82) is 10.8 Å². The van der Waals surface area contributed by atoms with Crippen molar-refractivity contribution in [3.8, 4) is 0 Å². The summed E-state index contributed by atoms with van der Waals surface area (Å²) in [4.78, 5) is 169. The van der Waals surface area contributed by atoms with Crippen LogP contribution in [0.1, 0.15) is 136 Å². The highest BCUT2D eigenvalue weighted by molar-refractivity contribution is 6.00. The Morgan fingerprint density at radius 1 is 0.360 bits per heavy atom. The topological polar surface area (TPSA) is 578 Å². The molecule has 0 spiro atoms. The van der Waals surface area contributed by atoms with Gasteiger partial charge in [0.05, 0.1) is 6.04 Å². The Hall–Kier alpha value is -11.1. The molecule has 6 aromatic rings. The molecule has 0 radical (unpaired) electrons. The van der Waals surface area contributed by atoms with E-state index in [4.69, 9.17) is 39.5 Å². The van der Waals surface area contributed by atoms with E-state index in [0.29, 0.717) is 53.3 Å². The highest BCUT2D eigenvalue weighted by Gasteiger charge is 2.39. The normalized spacial score (nSPS) is 14.5. The summed E-state index contributed by atoms with van der Waals surface area (Å²) < 4.78 is 0. The summed E-state index contributed by atoms with van der Waals surface area (Å²) >= 11 is 0. The van der Waals surface area contributed by atoms with Gasteiger partial charge in [0.2, 0.25) is 59.1 Å². The third-order valence-electron chi connectivity index (χ3n) is 19.3. The second kappa shape index (κ2) is 43.9. The fourth-order valence-electron chi connectivity index (χ4n) is 12.8. The number of carboxylic acids is 1. The molecule has 606 valence electrons. The number of rotatable bonds is 47. The van der Waals surface area contributed by atoms with Gasteiger partial charge in [-0.3, -0.25) is 58.8 Å². The first-order valence-corrected chi connectivity index (χ1v) is 38.1. The Bertz CT molecular complexity index is 4150. The monoisotopic (exact) mass is 1540 g/mol. The second-order valence-electron chi connectivity index (χ2n) is 29.5. The molecule has 111 heavy (non-hydrogen) atoms. The van der Waals surface area contributed by atoms with Gasteiger partial charge in [0.1, 0.15) is 60.4 Å². The van der Waals surface area contributed by atoms with Crippen LogP contribution in [0.5, 0.6) is 0 Å². The molecule has 0 aliphatic heterocycles. The van der Waals surface area contributed by atoms with Gasteiger partial charge in [-0.15, -0.1) is 0 Å². The molecule has 0 bridgehead atoms. The van der Waals surface area contributed by atoms with Crippen molar-refractivity contribution >= 4 is 110 Å². The van der Waals surface area contributed by atoms with Gasteiger partial charge >= 0.3 is 5.97 Å². The van der Waals surface area contributed by atoms with Crippen molar-refractivity contribution in [2.24, 2.45) is 52.3 Å². The van der Waals surface area contributed by atoms with Crippen LogP contribution in [-0.4, -0.2) is 190 Å². The third kappa shape index (κ3) is 27.1. The Kier molecular flexibility index (Phi) is 35.1. The fourth-order valence-corrected chi connectivity index (χ4v) is 12.8. The lowest BCUT2D eigenvalue weighted by Gasteiger charge is -2.30. The number of hydrogen-bond donors (Lipinski definition) is 23. The van der Waals surface area contributed by atoms with Crippen LogP contribution in [-0.2, 0) is 72.0 Å². The van der Waals surface area contributed by atoms with Crippen LogP contribution < -0.4 is 92.5 Å². The molecule has 11 atom stereocenters. The lowest BCUT2D eigenvalue weighted by Crippen LogP contribution is -2.62. The number of nitrogens with two attached hydrogens (primary N) is 5. The largest absolute Gasteiger partial charge is 0.480 e. The van der Waals surface area contributed by atoms with Gasteiger partial charge in [-0.2, -0.15) is 0 Å². The predicted molar refractivity (Wildman–Crippen MR) is 424 cm³/mol. The zero-order valence-corrected chi connectivity index (χ0v) is 64.7. The van der Waals surface area contributed by atoms with E-state index >= 15 is 14.4 Å². The number of hydrogen-bond acceptors (Lipinski definition) is 16. The van der Waals surface area contributed by atoms with E-state index in [9.17, 15) is 43.5 Å². The number of aromatic nitrogens is 3. The molecule has 0 aliphatic rings. The molecular weight excluding hydrogens is 1420 g/mol. The van der Waals surface area contributed by atoms with Crippen molar-refractivity contribution in [3.63, 3.8) is 0 Å². The molecule has 3 aromatic carbocycles. The predicted octanol–water partition coefficient (Wildman–Crippen LogP) is 0.827. The molecule has 6 rings (SSSR count). The van der Waals surface area contributed by atoms with Gasteiger partial charge in [-0.1, -0.05) is 110 Å². The Morgan fingerprint density at radius 3 is 0.928 bits per heavy atom. The van der Waals surface area contributed by atoms with Gasteiger partial charge in [0, 0.05) is 83.7 Å². The summed E-state index contributed by atoms with van der Waals surface area (Å²) in [5.74, 6) is -12.1. The van der Waals surface area contributed by atoms with Gasteiger partial charge in [-0.05, 0) is 136 Å². The first kappa shape index (κ1) is 88.8. The molecule has 0 unspecified atom stereocenters. The average molecular weight is 1540 g/mol. The maximum absolute atomic E-state index is 15.2. The fraction of sp³-hybridized carbons (Fsp3) is 0.519. The molecule has 10 amide bonds. The molecule has 3 heterocycles. The molecule has 28 N–H and O–H groups in total. The molecule has 0 saturated carbocycles. The zero-order valence-electron chi connectivity index (χ0n) is 64.7. The van der Waals surface area contributed by atoms with Crippen LogP contribution in [0.15, 0.2) is 91.4 Å². The molecule has 3 aromatic heterocycles. The summed E-state index contributed by atoms with van der Waals surface area (Å²) in [6.07, 6.45) is 6.62. The van der Waals surface area contributed by atoms with E-state index in [0.717, 1.165) is 21.8 Å². The number of aliphatic carboxylic acids is 1. The van der Waals surface area contributed by atoms with Crippen LogP contribution in [0.25, 0.3) is 32.7 Å². The third-order valence-corrected chi connectivity index (χ3v) is 19.3. The number of para-hydroxylation sites is 3. The molecular formula is C77H116N22O12. The van der Waals surface area contributed by atoms with Gasteiger partial charge in [0.15, 0.2) is 11.9 Å². The van der Waals surface area contributed by atoms with Crippen LogP contribution in [0.4, 0.5) is 0 Å². The minimum absolute atomic E-state index is 0.00503. The van der Waals surface area contributed by atoms with Crippen LogP contribution in [0.3, 0.4) is 0 Å². The average Bonchev–Trinajstić information content (AvgIpc) is 1.71. The summed E-state index contributed by atoms with van der Waals surface area (Å²) in [6, 6.07) is 7.46. The van der Waals surface area contributed by atoms with Crippen LogP contribution in [0.2, 0.25) is 0 Å². The van der Waals surface area contributed by atoms with E-state index in [-0.39, 0.29) is 102 Å². The first-order valence-electron chi connectivity index (χ1n) is 38.1. The van der Waals surface area contributed by atoms with Crippen LogP contribution >= 0.6 is 0 Å². The minimum atomic E-state index is -1.47. The second-order valence-corrected chi connectivity index (χ2v) is 29.5. The number of amides is 10. The first-order chi connectivity index (χ1) is 52.8. The van der Waals surface area contributed by atoms with Gasteiger partial charge in [0.25, 0.3) is 0 Å². The van der Waals surface area contributed by atoms with Gasteiger partial charge in [-0.25, -0.2) is 4.79 Å². The van der Waals surface area contributed by atoms with Crippen molar-refractivity contribution in [3.05, 3.63) is 108 Å². The highest BCUT2D eigenvalue weighted by Crippen LogP contribution is 2.24. The number of benzene rings is 3. The number of carbonyl (C=O) groups excluding carboxylic acids is 10. The Morgan fingerprint density at radius 2 is 0.631 bits per heavy atom. The number of aromatic amines is 3. The molecule has 0 saturated heterocycles. The number of guanidine groups is 2. The zero-order chi connectivity index (χ0) is 81.6. The van der Waals surface area contributed by atoms with Crippen LogP contribution in [0, 0.1) is 34.5 Å². The lowest BCUT2D eigenvalue weighted by atomic mass is 9.97. The molecule has 34 nitrogen and oxygen atoms in total. The number of H-pyrrole nitrogens is 3. The summed E-state index contributed by atoms with van der Waals surface area (Å²) in [6.45, 7) is 14.3. The summed E-state index contributed by atoms with van der Waals surface area (Å²) in [7, 11) is 0. The quantitative estimate of drug-likeness (QED) is 0.0143. The van der Waals surface area contributed by atoms with E-state index < -0.39 is 149 Å². The Balaban J connectivity index is 1.27. The lowest BCUT2D eigenvalue weighted by molar-refractivity contribution is -0.142. The standard InChI is InChI=1S/C77H116N22O12/c1-41(2)61(80)71(106)94-58(35-45-38-87-51-24-12-9-21-48(45)51)68(103)98-63(43(5)6)73(108)96-60(37-47-40-89-53-26-14-11-23-50(47)53)70(105)99-64(44(7)8)74(109)95-59(36-46-39-88-52-25-13-10-22-49(46)52)69(104)97-62(42(3)4)72(107)92-56(29-19-33-85-76(81)82)66(101)90-54(27-15-17-31-78)65(100)91-55(28-16-18-32-79)67(102)93-57(75(110)111)30-20-34-86-77(83)84/h9-14,21-26,38-44,54-64,87-89H,15-20,27-37,78-80H2,1-8H3,(H,90,101)(H,91,100)(H,92,107)(H,93,102)(H,94,106)(H,95,109)(H,96,108)(H,97,104)(H,98,103)(H,99,105)(H,110,111)(H4,81,82,85)(H4,83,84,86)/t54-,55-,56-,57-,58-,59-,60-,61-,62-,63-,64-/m0/s1. The van der Waals surface area contributed by atoms with Crippen molar-refractivity contribution in [2.45, 2.75) is 205 Å². The van der Waals surface area contributed by atoms with E-state index in [1.54, 1.807) is 80.0 Å². The number of unbranched alkanes of at least 4 members (excludes halogenated alkanes) is 2. The molecule has 0 aliphatic carbocycles. The summed E-state index contributed by atoms with van der Waals surface area (Å²) in [5, 5.41) is 60.5. The van der Waals surface area contributed by atoms with E-state index in [1.165, 1.54) is 0 Å². The number of carbonyl (C=O) groups is 11. The number of carboxylic acid groups (broad SMARTS) is 1. The summed E-state index contributed by atoms with van der Waals surface area (Å²) in [5.41, 5.74) is 33.1. The molecule has 34 heteroatoms. The Labute approximate surface area is 646 Å². The van der Waals surface area contributed by atoms with Crippen molar-refractivity contribution in [1.82, 2.24) is 78.8 Å². The van der Waals surface area contributed by atoms with E-state index in [2.05, 4.69) is 78.8 Å². The van der Waals surface area contributed by atoms with Crippen molar-refractivity contribution < 1.29 is 57.8 Å². The number of nitrogens with one attached hydrogen (secondary N) is 17. The van der Waals surface area contributed by atoms with E-state index in [1.807, 2.05) is 66.7 Å². The van der Waals surface area contributed by atoms with Crippen molar-refractivity contribution in [2.75, 3.05) is 26.2 Å². The maximum atomic E-state index is 15.2. The minimum Gasteiger partial charge on any atom is -0.480 e. The molecule has 0 fully saturated rings. The smallest absolute Gasteiger partial charge is 0.326 e. The highest BCUT2D eigenvalue weighted by atomic mass is 16.4. The number of fused-ring (bicyclic) bond motifs is 3. The SMILES string of the molecule is CC(C)[C@H](N)C(=O)N[C@@H](Cc1c[nH]c2ccccc12)C(=O)N[C@H](C(=O)N[C@@H](Cc1c[nH]c2ccccc12)C(=O)N[C@H](C(=O)N[C@@H](Cc1c[nH]c2ccccc12)C(=O)N[C@H](C(=O)N[C@@H](CCCNC(=N)N)C(=O)N[C@@H](CCCCN)C(=O)N[C@@H](CCCCN)C(=O)N[C@@H](CCCNC(=N)N)C(=O)O)C(C)C)C(C)C)C(C)C. The maximum Gasteiger partial charge on any atom is 0.326 e.